The van der Waals surface area contributed by atoms with Gasteiger partial charge in [0.1, 0.15) is 6.61 Å². The molecule has 0 saturated carbocycles. The average molecular weight is 406 g/mol. The quantitative estimate of drug-likeness (QED) is 0.454. The highest BCUT2D eigenvalue weighted by atomic mass is 32.2. The van der Waals surface area contributed by atoms with E-state index in [9.17, 15) is 9.59 Å². The average Bonchev–Trinajstić information content (AvgIpc) is 2.53. The SMILES string of the molecule is C=CC.C=CC.CC(=O)OCCO.CCSC(=O)N(CC(C)C)CC(C)C. The molecule has 6 heteroatoms. The molecule has 0 saturated heterocycles. The minimum atomic E-state index is -0.353. The Bertz CT molecular complexity index is 342. The maximum atomic E-state index is 11.7. The molecular formula is C21H43NO4S. The predicted molar refractivity (Wildman–Crippen MR) is 120 cm³/mol. The van der Waals surface area contributed by atoms with E-state index in [2.05, 4.69) is 45.6 Å². The first-order valence-corrected chi connectivity index (χ1v) is 10.4. The van der Waals surface area contributed by atoms with Crippen LogP contribution in [0.2, 0.25) is 0 Å². The van der Waals surface area contributed by atoms with Gasteiger partial charge < -0.3 is 14.7 Å². The zero-order chi connectivity index (χ0) is 22.3. The minimum absolute atomic E-state index is 0.0976. The fourth-order valence-corrected chi connectivity index (χ4v) is 2.09. The van der Waals surface area contributed by atoms with Crippen LogP contribution in [0.1, 0.15) is 55.4 Å². The van der Waals surface area contributed by atoms with Gasteiger partial charge in [-0.1, -0.05) is 58.5 Å². The van der Waals surface area contributed by atoms with E-state index in [-0.39, 0.29) is 24.4 Å². The van der Waals surface area contributed by atoms with Crippen LogP contribution in [0.15, 0.2) is 25.3 Å². The van der Waals surface area contributed by atoms with E-state index in [1.165, 1.54) is 18.7 Å². The molecule has 0 fully saturated rings. The molecule has 0 atom stereocenters. The molecule has 0 radical (unpaired) electrons. The highest BCUT2D eigenvalue weighted by molar-refractivity contribution is 8.13. The van der Waals surface area contributed by atoms with Gasteiger partial charge in [0.2, 0.25) is 0 Å². The topological polar surface area (TPSA) is 66.8 Å². The zero-order valence-corrected chi connectivity index (χ0v) is 19.6. The summed E-state index contributed by atoms with van der Waals surface area (Å²) in [4.78, 5) is 23.5. The van der Waals surface area contributed by atoms with Gasteiger partial charge in [-0.15, -0.1) is 13.2 Å². The number of hydrogen-bond donors (Lipinski definition) is 1. The summed E-state index contributed by atoms with van der Waals surface area (Å²) in [6.45, 7) is 24.2. The van der Waals surface area contributed by atoms with Crippen LogP contribution in [0, 0.1) is 11.8 Å². The smallest absolute Gasteiger partial charge is 0.302 e. The number of carbonyl (C=O) groups excluding carboxylic acids is 2. The van der Waals surface area contributed by atoms with Gasteiger partial charge in [0, 0.05) is 20.0 Å². The van der Waals surface area contributed by atoms with Crippen LogP contribution >= 0.6 is 11.8 Å². The maximum Gasteiger partial charge on any atom is 0.302 e. The lowest BCUT2D eigenvalue weighted by Crippen LogP contribution is -2.34. The monoisotopic (exact) mass is 405 g/mol. The second kappa shape index (κ2) is 27.0. The normalized spacial score (nSPS) is 8.85. The molecule has 1 amide bonds. The van der Waals surface area contributed by atoms with Gasteiger partial charge in [0.25, 0.3) is 5.24 Å². The van der Waals surface area contributed by atoms with Crippen molar-refractivity contribution in [3.63, 3.8) is 0 Å². The van der Waals surface area contributed by atoms with Crippen LogP contribution in [-0.4, -0.2) is 53.3 Å². The fraction of sp³-hybridized carbons (Fsp3) is 0.714. The van der Waals surface area contributed by atoms with Gasteiger partial charge in [-0.2, -0.15) is 0 Å². The molecule has 27 heavy (non-hydrogen) atoms. The molecule has 0 aromatic carbocycles. The number of nitrogens with zero attached hydrogens (tertiary/aromatic N) is 1. The third kappa shape index (κ3) is 40.6. The number of aliphatic hydroxyl groups is 1. The number of amides is 1. The fourth-order valence-electron chi connectivity index (χ4n) is 1.51. The number of allylic oxidation sites excluding steroid dienone is 2. The van der Waals surface area contributed by atoms with E-state index in [0.29, 0.717) is 11.8 Å². The van der Waals surface area contributed by atoms with Gasteiger partial charge in [0.15, 0.2) is 0 Å². The lowest BCUT2D eigenvalue weighted by atomic mass is 10.1. The maximum absolute atomic E-state index is 11.7. The summed E-state index contributed by atoms with van der Waals surface area (Å²) in [6.07, 6.45) is 3.50. The van der Waals surface area contributed by atoms with Crippen molar-refractivity contribution < 1.29 is 19.4 Å². The second-order valence-corrected chi connectivity index (χ2v) is 7.49. The summed E-state index contributed by atoms with van der Waals surface area (Å²) in [6, 6.07) is 0. The summed E-state index contributed by atoms with van der Waals surface area (Å²) < 4.78 is 4.30. The molecule has 5 nitrogen and oxygen atoms in total. The molecule has 0 rings (SSSR count). The van der Waals surface area contributed by atoms with E-state index < -0.39 is 0 Å². The number of aliphatic hydroxyl groups excluding tert-OH is 1. The van der Waals surface area contributed by atoms with Gasteiger partial charge in [0.05, 0.1) is 6.61 Å². The molecule has 162 valence electrons. The predicted octanol–water partition coefficient (Wildman–Crippen LogP) is 5.40. The molecule has 0 spiro atoms. The first-order chi connectivity index (χ1) is 12.6. The molecule has 1 N–H and O–H groups in total. The van der Waals surface area contributed by atoms with E-state index in [4.69, 9.17) is 5.11 Å². The second-order valence-electron chi connectivity index (χ2n) is 6.27. The van der Waals surface area contributed by atoms with E-state index in [1.54, 1.807) is 12.2 Å². The Kier molecular flexibility index (Phi) is 33.3. The van der Waals surface area contributed by atoms with Crippen molar-refractivity contribution in [1.82, 2.24) is 4.90 Å². The third-order valence-electron chi connectivity index (χ3n) is 2.09. The van der Waals surface area contributed by atoms with Crippen molar-refractivity contribution in [2.24, 2.45) is 11.8 Å². The number of esters is 1. The van der Waals surface area contributed by atoms with Crippen LogP contribution in [0.25, 0.3) is 0 Å². The van der Waals surface area contributed by atoms with Crippen LogP contribution in [-0.2, 0) is 9.53 Å². The Hall–Kier alpha value is -1.27. The van der Waals surface area contributed by atoms with Gasteiger partial charge in [-0.05, 0) is 31.4 Å². The van der Waals surface area contributed by atoms with Crippen molar-refractivity contribution in [3.8, 4) is 0 Å². The molecule has 0 bridgehead atoms. The standard InChI is InChI=1S/C11H23NOS.C4H8O3.2C3H6/c1-6-14-11(13)12(7-9(2)3)8-10(4)5;1-4(6)7-3-2-5;2*1-3-2/h9-10H,6-8H2,1-5H3;5H,2-3H2,1H3;2*3H,1H2,2H3. The van der Waals surface area contributed by atoms with E-state index in [1.807, 2.05) is 25.7 Å². The van der Waals surface area contributed by atoms with Crippen molar-refractivity contribution in [1.29, 1.82) is 0 Å². The van der Waals surface area contributed by atoms with Gasteiger partial charge >= 0.3 is 5.97 Å². The Morgan fingerprint density at radius 2 is 1.44 bits per heavy atom. The number of rotatable bonds is 7. The molecule has 0 aliphatic rings. The molecule has 0 aliphatic heterocycles. The number of carbonyl (C=O) groups is 2. The summed E-state index contributed by atoms with van der Waals surface area (Å²) in [5.74, 6) is 1.62. The lowest BCUT2D eigenvalue weighted by Gasteiger charge is -2.25. The number of hydrogen-bond acceptors (Lipinski definition) is 5. The van der Waals surface area contributed by atoms with Crippen molar-refractivity contribution >= 4 is 23.0 Å². The largest absolute Gasteiger partial charge is 0.463 e. The Morgan fingerprint density at radius 1 is 1.07 bits per heavy atom. The summed E-state index contributed by atoms with van der Waals surface area (Å²) in [5.41, 5.74) is 0. The van der Waals surface area contributed by atoms with Gasteiger partial charge in [-0.25, -0.2) is 0 Å². The first-order valence-electron chi connectivity index (χ1n) is 9.37. The molecule has 0 aromatic rings. The molecular weight excluding hydrogens is 362 g/mol. The summed E-state index contributed by atoms with van der Waals surface area (Å²) in [7, 11) is 0. The Balaban J connectivity index is -0.000000169. The summed E-state index contributed by atoms with van der Waals surface area (Å²) >= 11 is 1.41. The highest BCUT2D eigenvalue weighted by Gasteiger charge is 2.15. The van der Waals surface area contributed by atoms with E-state index >= 15 is 0 Å². The van der Waals surface area contributed by atoms with Crippen molar-refractivity contribution in [3.05, 3.63) is 25.3 Å². The molecule has 0 heterocycles. The number of ether oxygens (including phenoxy) is 1. The Labute approximate surface area is 172 Å². The van der Waals surface area contributed by atoms with Crippen molar-refractivity contribution in [2.45, 2.75) is 55.4 Å². The molecule has 0 unspecified atom stereocenters. The lowest BCUT2D eigenvalue weighted by molar-refractivity contribution is -0.141. The number of thioether (sulfide) groups is 1. The zero-order valence-electron chi connectivity index (χ0n) is 18.8. The van der Waals surface area contributed by atoms with Crippen LogP contribution < -0.4 is 0 Å². The summed E-state index contributed by atoms with van der Waals surface area (Å²) in [5, 5.41) is 8.27. The van der Waals surface area contributed by atoms with E-state index in [0.717, 1.165) is 18.8 Å². The minimum Gasteiger partial charge on any atom is -0.463 e. The van der Waals surface area contributed by atoms with Crippen LogP contribution in [0.5, 0.6) is 0 Å². The Morgan fingerprint density at radius 3 is 1.63 bits per heavy atom. The third-order valence-corrected chi connectivity index (χ3v) is 2.89. The van der Waals surface area contributed by atoms with Crippen LogP contribution in [0.3, 0.4) is 0 Å². The molecule has 0 aliphatic carbocycles. The van der Waals surface area contributed by atoms with Gasteiger partial charge in [-0.3, -0.25) is 9.59 Å². The molecule has 0 aromatic heterocycles. The van der Waals surface area contributed by atoms with Crippen molar-refractivity contribution in [2.75, 3.05) is 32.1 Å². The van der Waals surface area contributed by atoms with Crippen LogP contribution in [0.4, 0.5) is 4.79 Å². The highest BCUT2D eigenvalue weighted by Crippen LogP contribution is 2.12. The first kappa shape index (κ1) is 33.3.